The molecule has 0 unspecified atom stereocenters. The highest BCUT2D eigenvalue weighted by atomic mass is 35.5. The molecule has 0 spiro atoms. The first kappa shape index (κ1) is 13.6. The van der Waals surface area contributed by atoms with Crippen LogP contribution in [0, 0.1) is 6.92 Å². The maximum atomic E-state index is 10.8. The van der Waals surface area contributed by atoms with Crippen LogP contribution in [0.2, 0.25) is 5.02 Å². The summed E-state index contributed by atoms with van der Waals surface area (Å²) < 4.78 is 0. The fourth-order valence-electron chi connectivity index (χ4n) is 2.15. The van der Waals surface area contributed by atoms with Crippen molar-refractivity contribution in [3.63, 3.8) is 0 Å². The van der Waals surface area contributed by atoms with Gasteiger partial charge in [-0.15, -0.1) is 0 Å². The van der Waals surface area contributed by atoms with Crippen LogP contribution in [0.5, 0.6) is 0 Å². The molecule has 0 N–H and O–H groups in total. The summed E-state index contributed by atoms with van der Waals surface area (Å²) in [5.41, 5.74) is 3.84. The molecule has 19 heavy (non-hydrogen) atoms. The summed E-state index contributed by atoms with van der Waals surface area (Å²) in [6.07, 6.45) is 0.805. The lowest BCUT2D eigenvalue weighted by Crippen LogP contribution is -2.17. The van der Waals surface area contributed by atoms with Crippen molar-refractivity contribution in [2.24, 2.45) is 0 Å². The molecule has 98 valence electrons. The molecule has 2 aromatic rings. The van der Waals surface area contributed by atoms with Gasteiger partial charge in [0, 0.05) is 17.8 Å². The Balaban J connectivity index is 2.48. The maximum Gasteiger partial charge on any atom is 0.150 e. The molecule has 0 heterocycles. The van der Waals surface area contributed by atoms with Gasteiger partial charge in [0.1, 0.15) is 6.29 Å². The fourth-order valence-corrected chi connectivity index (χ4v) is 2.44. The van der Waals surface area contributed by atoms with E-state index in [9.17, 15) is 4.79 Å². The summed E-state index contributed by atoms with van der Waals surface area (Å²) in [5, 5.41) is 0.592. The van der Waals surface area contributed by atoms with Gasteiger partial charge in [0.2, 0.25) is 0 Å². The molecule has 2 nitrogen and oxygen atoms in total. The van der Waals surface area contributed by atoms with Gasteiger partial charge >= 0.3 is 0 Å². The molecule has 0 aliphatic carbocycles. The van der Waals surface area contributed by atoms with E-state index in [-0.39, 0.29) is 0 Å². The third-order valence-corrected chi connectivity index (χ3v) is 3.42. The van der Waals surface area contributed by atoms with Gasteiger partial charge in [0.25, 0.3) is 0 Å². The Labute approximate surface area is 118 Å². The van der Waals surface area contributed by atoms with Crippen LogP contribution in [0.3, 0.4) is 0 Å². The van der Waals surface area contributed by atoms with Crippen molar-refractivity contribution in [3.05, 3.63) is 58.6 Å². The Kier molecular flexibility index (Phi) is 4.23. The summed E-state index contributed by atoms with van der Waals surface area (Å²) in [7, 11) is 0. The van der Waals surface area contributed by atoms with E-state index in [0.29, 0.717) is 10.6 Å². The number of aryl methyl sites for hydroxylation is 1. The smallest absolute Gasteiger partial charge is 0.150 e. The second kappa shape index (κ2) is 5.89. The molecule has 2 aromatic carbocycles. The Morgan fingerprint density at radius 2 is 1.89 bits per heavy atom. The van der Waals surface area contributed by atoms with Crippen LogP contribution in [0.1, 0.15) is 22.8 Å². The predicted octanol–water partition coefficient (Wildman–Crippen LogP) is 4.62. The number of carbonyl (C=O) groups excluding carboxylic acids is 1. The van der Waals surface area contributed by atoms with Gasteiger partial charge in [-0.3, -0.25) is 4.79 Å². The van der Waals surface area contributed by atoms with Crippen LogP contribution in [0.15, 0.2) is 42.5 Å². The van der Waals surface area contributed by atoms with Crippen molar-refractivity contribution in [2.45, 2.75) is 13.8 Å². The molecule has 2 rings (SSSR count). The summed E-state index contributed by atoms with van der Waals surface area (Å²) in [6, 6.07) is 13.6. The first-order valence-electron chi connectivity index (χ1n) is 6.25. The molecule has 0 saturated carbocycles. The van der Waals surface area contributed by atoms with Crippen LogP contribution >= 0.6 is 11.6 Å². The van der Waals surface area contributed by atoms with Gasteiger partial charge in [-0.05, 0) is 43.7 Å². The van der Waals surface area contributed by atoms with E-state index >= 15 is 0 Å². The predicted molar refractivity (Wildman–Crippen MR) is 80.7 cm³/mol. The summed E-state index contributed by atoms with van der Waals surface area (Å²) in [5.74, 6) is 0. The number of para-hydroxylation sites is 1. The Hall–Kier alpha value is -1.80. The van der Waals surface area contributed by atoms with E-state index in [2.05, 4.69) is 30.9 Å². The molecule has 0 aliphatic heterocycles. The molecule has 0 amide bonds. The van der Waals surface area contributed by atoms with Crippen molar-refractivity contribution >= 4 is 29.3 Å². The minimum absolute atomic E-state index is 0.592. The zero-order chi connectivity index (χ0) is 13.8. The highest BCUT2D eigenvalue weighted by molar-refractivity contribution is 6.33. The number of aldehydes is 1. The van der Waals surface area contributed by atoms with E-state index in [1.165, 1.54) is 5.56 Å². The SMILES string of the molecule is CCN(c1ccccc1C)c1ccc(C=O)cc1Cl. The van der Waals surface area contributed by atoms with Crippen LogP contribution in [-0.4, -0.2) is 12.8 Å². The first-order chi connectivity index (χ1) is 9.17. The topological polar surface area (TPSA) is 20.3 Å². The van der Waals surface area contributed by atoms with Gasteiger partial charge in [-0.2, -0.15) is 0 Å². The molecular formula is C16H16ClNO. The van der Waals surface area contributed by atoms with Crippen molar-refractivity contribution in [2.75, 3.05) is 11.4 Å². The number of halogens is 1. The second-order valence-corrected chi connectivity index (χ2v) is 4.77. The first-order valence-corrected chi connectivity index (χ1v) is 6.63. The summed E-state index contributed by atoms with van der Waals surface area (Å²) >= 11 is 6.28. The molecule has 0 bridgehead atoms. The third-order valence-electron chi connectivity index (χ3n) is 3.12. The molecule has 0 saturated heterocycles. The molecule has 0 aromatic heterocycles. The monoisotopic (exact) mass is 273 g/mol. The van der Waals surface area contributed by atoms with Gasteiger partial charge in [0.15, 0.2) is 0 Å². The van der Waals surface area contributed by atoms with Crippen LogP contribution in [0.25, 0.3) is 0 Å². The van der Waals surface area contributed by atoms with Crippen LogP contribution < -0.4 is 4.90 Å². The molecule has 0 fully saturated rings. The molecule has 0 radical (unpaired) electrons. The fraction of sp³-hybridized carbons (Fsp3) is 0.188. The van der Waals surface area contributed by atoms with Crippen molar-refractivity contribution in [1.29, 1.82) is 0 Å². The van der Waals surface area contributed by atoms with Gasteiger partial charge < -0.3 is 4.90 Å². The van der Waals surface area contributed by atoms with E-state index in [1.54, 1.807) is 12.1 Å². The van der Waals surface area contributed by atoms with Crippen LogP contribution in [-0.2, 0) is 0 Å². The van der Waals surface area contributed by atoms with Crippen molar-refractivity contribution in [1.82, 2.24) is 0 Å². The average Bonchev–Trinajstić information content (AvgIpc) is 2.43. The van der Waals surface area contributed by atoms with Gasteiger partial charge in [-0.1, -0.05) is 29.8 Å². The highest BCUT2D eigenvalue weighted by Crippen LogP contribution is 2.33. The summed E-state index contributed by atoms with van der Waals surface area (Å²) in [6.45, 7) is 4.97. The van der Waals surface area contributed by atoms with E-state index in [4.69, 9.17) is 11.6 Å². The van der Waals surface area contributed by atoms with Gasteiger partial charge in [-0.25, -0.2) is 0 Å². The molecule has 0 atom stereocenters. The van der Waals surface area contributed by atoms with Crippen molar-refractivity contribution < 1.29 is 4.79 Å². The normalized spacial score (nSPS) is 10.3. The number of hydrogen-bond donors (Lipinski definition) is 0. The zero-order valence-corrected chi connectivity index (χ0v) is 11.8. The quantitative estimate of drug-likeness (QED) is 0.758. The number of hydrogen-bond acceptors (Lipinski definition) is 2. The number of anilines is 2. The number of benzene rings is 2. The van der Waals surface area contributed by atoms with Crippen molar-refractivity contribution in [3.8, 4) is 0 Å². The highest BCUT2D eigenvalue weighted by Gasteiger charge is 2.12. The lowest BCUT2D eigenvalue weighted by atomic mass is 10.1. The van der Waals surface area contributed by atoms with E-state index in [0.717, 1.165) is 24.2 Å². The Morgan fingerprint density at radius 1 is 1.16 bits per heavy atom. The van der Waals surface area contributed by atoms with E-state index < -0.39 is 0 Å². The number of rotatable bonds is 4. The lowest BCUT2D eigenvalue weighted by molar-refractivity contribution is 0.112. The maximum absolute atomic E-state index is 10.8. The summed E-state index contributed by atoms with van der Waals surface area (Å²) in [4.78, 5) is 12.9. The minimum atomic E-state index is 0.592. The zero-order valence-electron chi connectivity index (χ0n) is 11.1. The van der Waals surface area contributed by atoms with Crippen LogP contribution in [0.4, 0.5) is 11.4 Å². The Bertz CT molecular complexity index is 595. The minimum Gasteiger partial charge on any atom is -0.340 e. The Morgan fingerprint density at radius 3 is 2.47 bits per heavy atom. The van der Waals surface area contributed by atoms with Gasteiger partial charge in [0.05, 0.1) is 10.7 Å². The number of carbonyl (C=O) groups is 1. The second-order valence-electron chi connectivity index (χ2n) is 4.36. The average molecular weight is 274 g/mol. The molecule has 3 heteroatoms. The number of nitrogens with zero attached hydrogens (tertiary/aromatic N) is 1. The largest absolute Gasteiger partial charge is 0.340 e. The molecular weight excluding hydrogens is 258 g/mol. The standard InChI is InChI=1S/C16H16ClNO/c1-3-18(15-7-5-4-6-12(15)2)16-9-8-13(11-19)10-14(16)17/h4-11H,3H2,1-2H3. The lowest BCUT2D eigenvalue weighted by Gasteiger charge is -2.26. The molecule has 0 aliphatic rings. The van der Waals surface area contributed by atoms with E-state index in [1.807, 2.05) is 18.2 Å². The third kappa shape index (κ3) is 2.79.